The van der Waals surface area contributed by atoms with Gasteiger partial charge in [-0.05, 0) is 109 Å². The van der Waals surface area contributed by atoms with Gasteiger partial charge in [0.05, 0.1) is 49.2 Å². The Hall–Kier alpha value is -6.12. The molecule has 61 heavy (non-hydrogen) atoms. The summed E-state index contributed by atoms with van der Waals surface area (Å²) in [7, 11) is 2.66. The number of fused-ring (bicyclic) bond motifs is 2. The van der Waals surface area contributed by atoms with Crippen LogP contribution in [0.15, 0.2) is 60.8 Å². The number of nitrogens with one attached hydrogen (secondary N) is 5. The largest absolute Gasteiger partial charge is 0.453 e. The van der Waals surface area contributed by atoms with Gasteiger partial charge in [-0.3, -0.25) is 4.79 Å². The third-order valence-corrected chi connectivity index (χ3v) is 13.5. The van der Waals surface area contributed by atoms with E-state index in [1.54, 1.807) is 0 Å². The number of likely N-dealkylation sites (tertiary alicyclic amines) is 2. The zero-order valence-corrected chi connectivity index (χ0v) is 34.9. The van der Waals surface area contributed by atoms with Crippen LogP contribution in [-0.4, -0.2) is 93.4 Å². The lowest BCUT2D eigenvalue weighted by Gasteiger charge is -2.31. The fourth-order valence-corrected chi connectivity index (χ4v) is 10.2. The van der Waals surface area contributed by atoms with E-state index in [0.717, 1.165) is 133 Å². The van der Waals surface area contributed by atoms with Crippen LogP contribution in [0.3, 0.4) is 0 Å². The van der Waals surface area contributed by atoms with Gasteiger partial charge in [0.1, 0.15) is 23.9 Å². The van der Waals surface area contributed by atoms with Gasteiger partial charge in [-0.2, -0.15) is 0 Å². The second-order valence-corrected chi connectivity index (χ2v) is 17.1. The predicted molar refractivity (Wildman–Crippen MR) is 230 cm³/mol. The highest BCUT2D eigenvalue weighted by molar-refractivity contribution is 5.92. The summed E-state index contributed by atoms with van der Waals surface area (Å²) in [6, 6.07) is 17.8. The maximum Gasteiger partial charge on any atom is 0.408 e. The second kappa shape index (κ2) is 17.5. The molecule has 4 heterocycles. The molecule has 2 aliphatic heterocycles. The quantitative estimate of drug-likeness (QED) is 0.0875. The van der Waals surface area contributed by atoms with E-state index in [1.165, 1.54) is 14.2 Å². The van der Waals surface area contributed by atoms with Gasteiger partial charge in [0.2, 0.25) is 5.91 Å². The molecule has 9 rings (SSSR count). The number of carbonyl (C=O) groups excluding carboxylic acids is 4. The van der Waals surface area contributed by atoms with Gasteiger partial charge in [0.15, 0.2) is 0 Å². The van der Waals surface area contributed by atoms with Crippen molar-refractivity contribution in [3.05, 3.63) is 72.4 Å². The number of amides is 5. The topological polar surface area (TPSA) is 187 Å². The number of methoxy groups -OCH3 is 2. The lowest BCUT2D eigenvalue weighted by atomic mass is 9.96. The SMILES string of the molecule is COC(=O)N[C@H](NC(=O)N1CCC[C@H]1c1nc2ccc(-c3ccc4cc(-c5cnc([C@@H]6CCCN6C(=O)[C@@H](NC(=O)OC)C6CCCC6)[nH]5)ccc4c3)cc2[nH]1)C1CCCC1. The molecule has 15 heteroatoms. The van der Waals surface area contributed by atoms with E-state index in [0.29, 0.717) is 13.1 Å². The summed E-state index contributed by atoms with van der Waals surface area (Å²) in [5.74, 6) is 1.72. The molecule has 0 radical (unpaired) electrons. The lowest BCUT2D eigenvalue weighted by Crippen LogP contribution is -2.55. The molecule has 15 nitrogen and oxygen atoms in total. The fraction of sp³-hybridized carbons (Fsp3) is 0.478. The van der Waals surface area contributed by atoms with Crippen molar-refractivity contribution in [3.8, 4) is 22.4 Å². The first-order valence-corrected chi connectivity index (χ1v) is 21.9. The Morgan fingerprint density at radius 1 is 0.656 bits per heavy atom. The van der Waals surface area contributed by atoms with Crippen molar-refractivity contribution in [2.45, 2.75) is 101 Å². The minimum atomic E-state index is -0.601. The normalized spacial score (nSPS) is 20.6. The molecule has 4 aliphatic rings. The number of rotatable bonds is 10. The first-order chi connectivity index (χ1) is 29.8. The molecule has 4 atom stereocenters. The maximum atomic E-state index is 14.0. The number of urea groups is 1. The van der Waals surface area contributed by atoms with Crippen molar-refractivity contribution >= 4 is 45.9 Å². The van der Waals surface area contributed by atoms with Crippen LogP contribution >= 0.6 is 0 Å². The number of aromatic nitrogens is 4. The number of alkyl carbamates (subject to hydrolysis) is 2. The zero-order chi connectivity index (χ0) is 42.0. The summed E-state index contributed by atoms with van der Waals surface area (Å²) >= 11 is 0. The van der Waals surface area contributed by atoms with Crippen molar-refractivity contribution < 1.29 is 28.7 Å². The summed E-state index contributed by atoms with van der Waals surface area (Å²) in [4.78, 5) is 72.4. The molecule has 320 valence electrons. The van der Waals surface area contributed by atoms with Gasteiger partial charge < -0.3 is 45.2 Å². The molecule has 5 amide bonds. The number of benzene rings is 3. The Labute approximate surface area is 354 Å². The molecule has 2 saturated heterocycles. The number of hydrogen-bond acceptors (Lipinski definition) is 8. The summed E-state index contributed by atoms with van der Waals surface area (Å²) < 4.78 is 9.73. The van der Waals surface area contributed by atoms with Crippen LogP contribution < -0.4 is 16.0 Å². The van der Waals surface area contributed by atoms with E-state index in [2.05, 4.69) is 74.4 Å². The smallest absolute Gasteiger partial charge is 0.408 e. The molecule has 5 N–H and O–H groups in total. The number of hydrogen-bond donors (Lipinski definition) is 5. The van der Waals surface area contributed by atoms with Gasteiger partial charge in [0, 0.05) is 18.7 Å². The van der Waals surface area contributed by atoms with Crippen molar-refractivity contribution in [3.63, 3.8) is 0 Å². The average molecular weight is 830 g/mol. The number of aromatic amines is 2. The molecular formula is C46H55N9O6. The molecule has 0 unspecified atom stereocenters. The van der Waals surface area contributed by atoms with Crippen molar-refractivity contribution in [2.75, 3.05) is 27.3 Å². The van der Waals surface area contributed by atoms with Crippen LogP contribution in [0.4, 0.5) is 14.4 Å². The van der Waals surface area contributed by atoms with Gasteiger partial charge in [-0.15, -0.1) is 0 Å². The minimum Gasteiger partial charge on any atom is -0.453 e. The number of H-pyrrole nitrogens is 2. The Kier molecular flexibility index (Phi) is 11.5. The monoisotopic (exact) mass is 829 g/mol. The van der Waals surface area contributed by atoms with Gasteiger partial charge >= 0.3 is 18.2 Å². The van der Waals surface area contributed by atoms with Crippen LogP contribution in [0.5, 0.6) is 0 Å². The fourth-order valence-electron chi connectivity index (χ4n) is 10.2. The van der Waals surface area contributed by atoms with E-state index >= 15 is 0 Å². The maximum absolute atomic E-state index is 14.0. The highest BCUT2D eigenvalue weighted by Gasteiger charge is 2.41. The summed E-state index contributed by atoms with van der Waals surface area (Å²) in [6.45, 7) is 1.23. The second-order valence-electron chi connectivity index (χ2n) is 17.1. The third kappa shape index (κ3) is 8.34. The number of ether oxygens (including phenoxy) is 2. The van der Waals surface area contributed by atoms with Crippen LogP contribution in [0.25, 0.3) is 44.2 Å². The number of imidazole rings is 2. The standard InChI is InChI=1S/C46H55N9O6/c1-60-45(58)51-39(27-9-3-4-10-27)43(56)54-21-7-13-37(54)41-47-26-36(50-41)33-18-17-29-23-30(15-16-31(29)24-33)32-19-20-34-35(25-32)49-42(48-34)38-14-8-22-55(38)44(57)52-40(53-46(59)61-2)28-11-5-6-12-28/h15-20,23-28,37-40H,3-14,21-22H2,1-2H3,(H,47,50)(H,48,49)(H,51,58)(H,52,57)(H,53,59)/t37-,38-,39-,40-/m0/s1. The predicted octanol–water partition coefficient (Wildman–Crippen LogP) is 8.07. The summed E-state index contributed by atoms with van der Waals surface area (Å²) in [5.41, 5.74) is 5.74. The Morgan fingerprint density at radius 3 is 1.98 bits per heavy atom. The number of nitrogens with zero attached hydrogens (tertiary/aromatic N) is 4. The van der Waals surface area contributed by atoms with E-state index in [9.17, 15) is 19.2 Å². The Balaban J connectivity index is 0.886. The molecular weight excluding hydrogens is 775 g/mol. The van der Waals surface area contributed by atoms with Crippen molar-refractivity contribution in [1.82, 2.24) is 45.7 Å². The first kappa shape index (κ1) is 40.3. The van der Waals surface area contributed by atoms with Gasteiger partial charge in [-0.1, -0.05) is 56.0 Å². The Morgan fingerprint density at radius 2 is 1.26 bits per heavy atom. The molecule has 2 aromatic heterocycles. The minimum absolute atomic E-state index is 0.0633. The molecule has 0 bridgehead atoms. The van der Waals surface area contributed by atoms with Crippen molar-refractivity contribution in [2.24, 2.45) is 11.8 Å². The van der Waals surface area contributed by atoms with Crippen LogP contribution in [0.1, 0.15) is 101 Å². The highest BCUT2D eigenvalue weighted by Crippen LogP contribution is 2.37. The van der Waals surface area contributed by atoms with Crippen LogP contribution in [0, 0.1) is 11.8 Å². The molecule has 2 aliphatic carbocycles. The molecule has 0 spiro atoms. The summed E-state index contributed by atoms with van der Waals surface area (Å²) in [6.07, 6.45) is 11.5. The molecule has 5 aromatic rings. The third-order valence-electron chi connectivity index (χ3n) is 13.5. The average Bonchev–Trinajstić information content (AvgIpc) is 4.14. The summed E-state index contributed by atoms with van der Waals surface area (Å²) in [5, 5.41) is 11.0. The van der Waals surface area contributed by atoms with Crippen LogP contribution in [-0.2, 0) is 14.3 Å². The van der Waals surface area contributed by atoms with E-state index in [1.807, 2.05) is 22.1 Å². The van der Waals surface area contributed by atoms with E-state index < -0.39 is 24.4 Å². The van der Waals surface area contributed by atoms with Gasteiger partial charge in [0.25, 0.3) is 0 Å². The van der Waals surface area contributed by atoms with E-state index in [4.69, 9.17) is 19.4 Å². The first-order valence-electron chi connectivity index (χ1n) is 21.9. The molecule has 2 saturated carbocycles. The van der Waals surface area contributed by atoms with E-state index in [-0.39, 0.29) is 35.9 Å². The van der Waals surface area contributed by atoms with Crippen molar-refractivity contribution in [1.29, 1.82) is 0 Å². The zero-order valence-electron chi connectivity index (χ0n) is 34.9. The Bertz CT molecular complexity index is 2420. The molecule has 4 fully saturated rings. The van der Waals surface area contributed by atoms with Crippen LogP contribution in [0.2, 0.25) is 0 Å². The lowest BCUT2D eigenvalue weighted by molar-refractivity contribution is -0.135. The molecule has 3 aromatic carbocycles. The highest BCUT2D eigenvalue weighted by atomic mass is 16.5. The number of carbonyl (C=O) groups is 4. The van der Waals surface area contributed by atoms with Gasteiger partial charge in [-0.25, -0.2) is 24.4 Å².